The molecule has 0 radical (unpaired) electrons. The molecule has 0 unspecified atom stereocenters. The second kappa shape index (κ2) is 8.47. The molecule has 1 aliphatic rings. The van der Waals surface area contributed by atoms with E-state index in [9.17, 15) is 13.2 Å². The maximum absolute atomic E-state index is 12.2. The van der Waals surface area contributed by atoms with Crippen LogP contribution in [0.1, 0.15) is 36.0 Å². The predicted octanol–water partition coefficient (Wildman–Crippen LogP) is 2.95. The van der Waals surface area contributed by atoms with Crippen molar-refractivity contribution in [2.24, 2.45) is 0 Å². The molecule has 138 valence electrons. The number of hydrogen-bond acceptors (Lipinski definition) is 3. The van der Waals surface area contributed by atoms with Gasteiger partial charge in [0, 0.05) is 18.2 Å². The number of carbonyl (C=O) groups is 1. The highest BCUT2D eigenvalue weighted by Gasteiger charge is 2.21. The molecule has 0 atom stereocenters. The van der Waals surface area contributed by atoms with Gasteiger partial charge in [0.25, 0.3) is 5.91 Å². The monoisotopic (exact) mass is 372 g/mol. The van der Waals surface area contributed by atoms with Crippen LogP contribution < -0.4 is 10.0 Å². The summed E-state index contributed by atoms with van der Waals surface area (Å²) in [4.78, 5) is 12.2. The highest BCUT2D eigenvalue weighted by molar-refractivity contribution is 7.89. The molecule has 1 saturated carbocycles. The summed E-state index contributed by atoms with van der Waals surface area (Å²) < 4.78 is 26.8. The van der Waals surface area contributed by atoms with E-state index in [1.54, 1.807) is 12.1 Å². The molecule has 2 N–H and O–H groups in total. The molecule has 6 heteroatoms. The molecule has 0 saturated heterocycles. The molecule has 2 aromatic rings. The van der Waals surface area contributed by atoms with Gasteiger partial charge in [-0.05, 0) is 36.1 Å². The average molecular weight is 372 g/mol. The van der Waals surface area contributed by atoms with Gasteiger partial charge in [-0.15, -0.1) is 0 Å². The van der Waals surface area contributed by atoms with E-state index >= 15 is 0 Å². The van der Waals surface area contributed by atoms with Gasteiger partial charge >= 0.3 is 0 Å². The Morgan fingerprint density at radius 3 is 2.19 bits per heavy atom. The fraction of sp³-hybridized carbons (Fsp3) is 0.350. The van der Waals surface area contributed by atoms with E-state index in [1.807, 2.05) is 42.5 Å². The number of benzene rings is 2. The zero-order chi connectivity index (χ0) is 18.4. The van der Waals surface area contributed by atoms with Crippen LogP contribution in [0, 0.1) is 0 Å². The maximum Gasteiger partial charge on any atom is 0.251 e. The largest absolute Gasteiger partial charge is 0.351 e. The zero-order valence-electron chi connectivity index (χ0n) is 14.6. The van der Waals surface area contributed by atoms with Crippen molar-refractivity contribution >= 4 is 15.9 Å². The molecule has 5 nitrogen and oxygen atoms in total. The second-order valence-corrected chi connectivity index (χ2v) is 8.49. The van der Waals surface area contributed by atoms with Gasteiger partial charge in [-0.2, -0.15) is 0 Å². The summed E-state index contributed by atoms with van der Waals surface area (Å²) in [6.07, 6.45) is 3.95. The molecule has 0 spiro atoms. The minimum Gasteiger partial charge on any atom is -0.351 e. The van der Waals surface area contributed by atoms with Crippen molar-refractivity contribution in [1.29, 1.82) is 0 Å². The summed E-state index contributed by atoms with van der Waals surface area (Å²) in [5, 5.41) is 2.68. The summed E-state index contributed by atoms with van der Waals surface area (Å²) in [5.41, 5.74) is 2.64. The summed E-state index contributed by atoms with van der Waals surface area (Å²) in [6.45, 7) is 0.0985. The first-order chi connectivity index (χ1) is 12.5. The van der Waals surface area contributed by atoms with Gasteiger partial charge in [0.2, 0.25) is 10.0 Å². The topological polar surface area (TPSA) is 75.3 Å². The normalized spacial score (nSPS) is 15.1. The van der Waals surface area contributed by atoms with E-state index in [2.05, 4.69) is 10.0 Å². The van der Waals surface area contributed by atoms with Crippen LogP contribution in [0.15, 0.2) is 54.6 Å². The smallest absolute Gasteiger partial charge is 0.251 e. The van der Waals surface area contributed by atoms with Crippen LogP contribution in [0.25, 0.3) is 11.1 Å². The third-order valence-electron chi connectivity index (χ3n) is 4.61. The van der Waals surface area contributed by atoms with Gasteiger partial charge < -0.3 is 5.32 Å². The van der Waals surface area contributed by atoms with E-state index < -0.39 is 10.0 Å². The van der Waals surface area contributed by atoms with E-state index in [-0.39, 0.29) is 24.2 Å². The van der Waals surface area contributed by atoms with Crippen LogP contribution in [0.5, 0.6) is 0 Å². The first-order valence-electron chi connectivity index (χ1n) is 8.97. The van der Waals surface area contributed by atoms with Crippen LogP contribution in [0.2, 0.25) is 0 Å². The standard InChI is InChI=1S/C20H24N2O3S/c23-20(21-14-15-26(24,25)22-19-8-4-5-9-19)18-12-10-17(11-13-18)16-6-2-1-3-7-16/h1-3,6-7,10-13,19,22H,4-5,8-9,14-15H2,(H,21,23). The van der Waals surface area contributed by atoms with Gasteiger partial charge in [-0.1, -0.05) is 55.3 Å². The molecular weight excluding hydrogens is 348 g/mol. The molecule has 3 rings (SSSR count). The molecule has 0 heterocycles. The minimum absolute atomic E-state index is 0.0567. The van der Waals surface area contributed by atoms with Crippen LogP contribution in [-0.2, 0) is 10.0 Å². The van der Waals surface area contributed by atoms with Crippen molar-refractivity contribution in [3.8, 4) is 11.1 Å². The van der Waals surface area contributed by atoms with Crippen molar-refractivity contribution in [2.45, 2.75) is 31.7 Å². The number of hydrogen-bond donors (Lipinski definition) is 2. The quantitative estimate of drug-likeness (QED) is 0.785. The lowest BCUT2D eigenvalue weighted by Gasteiger charge is -2.12. The first-order valence-corrected chi connectivity index (χ1v) is 10.6. The average Bonchev–Trinajstić information content (AvgIpc) is 3.14. The molecule has 1 amide bonds. The molecule has 1 fully saturated rings. The molecule has 1 aliphatic carbocycles. The highest BCUT2D eigenvalue weighted by Crippen LogP contribution is 2.19. The van der Waals surface area contributed by atoms with Crippen molar-refractivity contribution in [3.63, 3.8) is 0 Å². The Bertz CT molecular complexity index is 827. The van der Waals surface area contributed by atoms with Crippen molar-refractivity contribution < 1.29 is 13.2 Å². The number of nitrogens with one attached hydrogen (secondary N) is 2. The lowest BCUT2D eigenvalue weighted by Crippen LogP contribution is -2.38. The first kappa shape index (κ1) is 18.6. The molecule has 2 aromatic carbocycles. The predicted molar refractivity (Wildman–Crippen MR) is 103 cm³/mol. The van der Waals surface area contributed by atoms with Crippen molar-refractivity contribution in [3.05, 3.63) is 60.2 Å². The van der Waals surface area contributed by atoms with Gasteiger partial charge in [-0.25, -0.2) is 13.1 Å². The van der Waals surface area contributed by atoms with Gasteiger partial charge in [0.05, 0.1) is 5.75 Å². The summed E-state index contributed by atoms with van der Waals surface area (Å²) in [7, 11) is -3.35. The molecule has 0 aromatic heterocycles. The van der Waals surface area contributed by atoms with Gasteiger partial charge in [0.15, 0.2) is 0 Å². The Kier molecular flexibility index (Phi) is 6.06. The second-order valence-electron chi connectivity index (χ2n) is 6.62. The summed E-state index contributed by atoms with van der Waals surface area (Å²) in [5.74, 6) is -0.363. The van der Waals surface area contributed by atoms with Crippen LogP contribution >= 0.6 is 0 Å². The molecule has 0 aliphatic heterocycles. The lowest BCUT2D eigenvalue weighted by molar-refractivity contribution is 0.0956. The van der Waals surface area contributed by atoms with E-state index in [0.717, 1.165) is 36.8 Å². The van der Waals surface area contributed by atoms with E-state index in [4.69, 9.17) is 0 Å². The minimum atomic E-state index is -3.35. The zero-order valence-corrected chi connectivity index (χ0v) is 15.5. The maximum atomic E-state index is 12.2. The number of rotatable bonds is 7. The Balaban J connectivity index is 1.50. The molecule has 26 heavy (non-hydrogen) atoms. The lowest BCUT2D eigenvalue weighted by atomic mass is 10.0. The Morgan fingerprint density at radius 1 is 0.923 bits per heavy atom. The SMILES string of the molecule is O=C(NCCS(=O)(=O)NC1CCCC1)c1ccc(-c2ccccc2)cc1. The molecular formula is C20H24N2O3S. The fourth-order valence-corrected chi connectivity index (χ4v) is 4.43. The summed E-state index contributed by atoms with van der Waals surface area (Å²) >= 11 is 0. The highest BCUT2D eigenvalue weighted by atomic mass is 32.2. The third kappa shape index (κ3) is 5.16. The van der Waals surface area contributed by atoms with Crippen molar-refractivity contribution in [1.82, 2.24) is 10.0 Å². The van der Waals surface area contributed by atoms with E-state index in [0.29, 0.717) is 5.56 Å². The van der Waals surface area contributed by atoms with Gasteiger partial charge in [-0.3, -0.25) is 4.79 Å². The van der Waals surface area contributed by atoms with Gasteiger partial charge in [0.1, 0.15) is 0 Å². The Morgan fingerprint density at radius 2 is 1.54 bits per heavy atom. The number of amides is 1. The van der Waals surface area contributed by atoms with E-state index in [1.165, 1.54) is 0 Å². The Labute approximate surface area is 154 Å². The third-order valence-corrected chi connectivity index (χ3v) is 6.05. The fourth-order valence-electron chi connectivity index (χ4n) is 3.20. The van der Waals surface area contributed by atoms with Crippen molar-refractivity contribution in [2.75, 3.05) is 12.3 Å². The number of sulfonamides is 1. The molecule has 0 bridgehead atoms. The number of carbonyl (C=O) groups excluding carboxylic acids is 1. The Hall–Kier alpha value is -2.18. The van der Waals surface area contributed by atoms with Crippen LogP contribution in [0.3, 0.4) is 0 Å². The van der Waals surface area contributed by atoms with Crippen LogP contribution in [-0.4, -0.2) is 32.7 Å². The summed E-state index contributed by atoms with van der Waals surface area (Å²) in [6, 6.07) is 17.3. The van der Waals surface area contributed by atoms with Crippen LogP contribution in [0.4, 0.5) is 0 Å².